The molecule has 1 aromatic rings. The average Bonchev–Trinajstić information content (AvgIpc) is 2.99. The highest BCUT2D eigenvalue weighted by Crippen LogP contribution is 2.28. The second-order valence-corrected chi connectivity index (χ2v) is 5.82. The Bertz CT molecular complexity index is 499. The lowest BCUT2D eigenvalue weighted by Gasteiger charge is -2.18. The van der Waals surface area contributed by atoms with E-state index >= 15 is 0 Å². The largest absolute Gasteiger partial charge is 0.480 e. The summed E-state index contributed by atoms with van der Waals surface area (Å²) in [5, 5.41) is 15.5. The fourth-order valence-corrected chi connectivity index (χ4v) is 1.72. The van der Waals surface area contributed by atoms with E-state index in [0.717, 1.165) is 12.8 Å². The first-order valence-corrected chi connectivity index (χ1v) is 6.24. The Kier molecular flexibility index (Phi) is 3.30. The van der Waals surface area contributed by atoms with Crippen LogP contribution in [0.25, 0.3) is 0 Å². The zero-order valence-electron chi connectivity index (χ0n) is 11.3. The van der Waals surface area contributed by atoms with Gasteiger partial charge in [-0.1, -0.05) is 20.8 Å². The van der Waals surface area contributed by atoms with Gasteiger partial charge in [-0.15, -0.1) is 5.10 Å². The molecule has 7 heteroatoms. The van der Waals surface area contributed by atoms with Crippen molar-refractivity contribution in [1.29, 1.82) is 0 Å². The fourth-order valence-electron chi connectivity index (χ4n) is 1.72. The Hall–Kier alpha value is -1.92. The van der Waals surface area contributed by atoms with Crippen molar-refractivity contribution in [3.05, 3.63) is 11.6 Å². The zero-order valence-corrected chi connectivity index (χ0v) is 11.3. The van der Waals surface area contributed by atoms with E-state index in [0.29, 0.717) is 5.82 Å². The normalized spacial score (nSPS) is 15.3. The van der Waals surface area contributed by atoms with Crippen LogP contribution in [-0.2, 0) is 10.2 Å². The fraction of sp³-hybridized carbons (Fsp3) is 0.667. The molecular weight excluding hydrogens is 248 g/mol. The number of aromatic amines is 1. The number of carbonyl (C=O) groups is 2. The molecule has 0 saturated heterocycles. The van der Waals surface area contributed by atoms with Crippen molar-refractivity contribution in [2.24, 2.45) is 0 Å². The Morgan fingerprint density at radius 3 is 2.47 bits per heavy atom. The van der Waals surface area contributed by atoms with Crippen molar-refractivity contribution >= 4 is 11.9 Å². The molecule has 0 aromatic carbocycles. The number of nitrogens with zero attached hydrogens (tertiary/aromatic N) is 3. The highest BCUT2D eigenvalue weighted by molar-refractivity contribution is 5.93. The Morgan fingerprint density at radius 1 is 1.42 bits per heavy atom. The molecule has 0 atom stereocenters. The first-order valence-electron chi connectivity index (χ1n) is 6.24. The zero-order chi connectivity index (χ0) is 14.2. The molecule has 1 aliphatic carbocycles. The summed E-state index contributed by atoms with van der Waals surface area (Å²) in [4.78, 5) is 28.5. The van der Waals surface area contributed by atoms with Crippen LogP contribution < -0.4 is 0 Å². The molecular formula is C12H18N4O3. The molecule has 1 aromatic heterocycles. The Morgan fingerprint density at radius 2 is 2.05 bits per heavy atom. The molecule has 1 amide bonds. The standard InChI is InChI=1S/C12H18N4O3/c1-12(2,3)11-13-9(14-15-11)10(19)16(6-8(17)18)7-4-5-7/h7H,4-6H2,1-3H3,(H,17,18)(H,13,14,15). The minimum atomic E-state index is -1.02. The second kappa shape index (κ2) is 4.64. The summed E-state index contributed by atoms with van der Waals surface area (Å²) >= 11 is 0. The summed E-state index contributed by atoms with van der Waals surface area (Å²) < 4.78 is 0. The van der Waals surface area contributed by atoms with Gasteiger partial charge in [0, 0.05) is 11.5 Å². The molecule has 1 aliphatic rings. The monoisotopic (exact) mass is 266 g/mol. The van der Waals surface area contributed by atoms with Crippen LogP contribution in [0.15, 0.2) is 0 Å². The van der Waals surface area contributed by atoms with Gasteiger partial charge in [0.25, 0.3) is 5.91 Å². The molecule has 0 bridgehead atoms. The van der Waals surface area contributed by atoms with Crippen LogP contribution in [0.4, 0.5) is 0 Å². The average molecular weight is 266 g/mol. The number of hydrogen-bond acceptors (Lipinski definition) is 4. The molecule has 0 unspecified atom stereocenters. The van der Waals surface area contributed by atoms with E-state index in [4.69, 9.17) is 5.11 Å². The van der Waals surface area contributed by atoms with E-state index in [1.54, 1.807) is 0 Å². The van der Waals surface area contributed by atoms with Crippen LogP contribution in [0.3, 0.4) is 0 Å². The maximum atomic E-state index is 12.2. The number of carbonyl (C=O) groups excluding carboxylic acids is 1. The minimum absolute atomic E-state index is 0.0141. The van der Waals surface area contributed by atoms with Crippen LogP contribution in [0.1, 0.15) is 50.1 Å². The predicted octanol–water partition coefficient (Wildman–Crippen LogP) is 0.791. The number of rotatable bonds is 4. The van der Waals surface area contributed by atoms with Gasteiger partial charge in [-0.25, -0.2) is 4.98 Å². The summed E-state index contributed by atoms with van der Waals surface area (Å²) in [5.74, 6) is -0.788. The van der Waals surface area contributed by atoms with Gasteiger partial charge in [0.2, 0.25) is 5.82 Å². The molecule has 1 saturated carbocycles. The summed E-state index contributed by atoms with van der Waals surface area (Å²) in [6, 6.07) is 0.0141. The van der Waals surface area contributed by atoms with E-state index in [-0.39, 0.29) is 23.8 Å². The first-order chi connectivity index (χ1) is 8.79. The molecule has 104 valence electrons. The third-order valence-electron chi connectivity index (χ3n) is 2.94. The van der Waals surface area contributed by atoms with Crippen molar-refractivity contribution < 1.29 is 14.7 Å². The third kappa shape index (κ3) is 3.10. The molecule has 19 heavy (non-hydrogen) atoms. The highest BCUT2D eigenvalue weighted by Gasteiger charge is 2.36. The molecule has 0 radical (unpaired) electrons. The maximum absolute atomic E-state index is 12.2. The Balaban J connectivity index is 2.17. The molecule has 1 heterocycles. The molecule has 0 aliphatic heterocycles. The first kappa shape index (κ1) is 13.5. The lowest BCUT2D eigenvalue weighted by atomic mass is 9.96. The lowest BCUT2D eigenvalue weighted by Crippen LogP contribution is -2.38. The molecule has 2 rings (SSSR count). The van der Waals surface area contributed by atoms with Gasteiger partial charge in [-0.3, -0.25) is 14.7 Å². The summed E-state index contributed by atoms with van der Waals surface area (Å²) in [5.41, 5.74) is -0.233. The third-order valence-corrected chi connectivity index (χ3v) is 2.94. The minimum Gasteiger partial charge on any atom is -0.480 e. The van der Waals surface area contributed by atoms with Crippen LogP contribution in [0.5, 0.6) is 0 Å². The van der Waals surface area contributed by atoms with Gasteiger partial charge in [-0.2, -0.15) is 0 Å². The van der Waals surface area contributed by atoms with Crippen LogP contribution in [0, 0.1) is 0 Å². The van der Waals surface area contributed by atoms with Crippen molar-refractivity contribution in [2.75, 3.05) is 6.54 Å². The van der Waals surface area contributed by atoms with Gasteiger partial charge in [0.05, 0.1) is 0 Å². The van der Waals surface area contributed by atoms with E-state index in [9.17, 15) is 9.59 Å². The highest BCUT2D eigenvalue weighted by atomic mass is 16.4. The summed E-state index contributed by atoms with van der Waals surface area (Å²) in [7, 11) is 0. The number of aliphatic carboxylic acids is 1. The molecule has 1 fully saturated rings. The van der Waals surface area contributed by atoms with Gasteiger partial charge in [-0.05, 0) is 12.8 Å². The van der Waals surface area contributed by atoms with Crippen LogP contribution >= 0.6 is 0 Å². The lowest BCUT2D eigenvalue weighted by molar-refractivity contribution is -0.137. The van der Waals surface area contributed by atoms with E-state index in [2.05, 4.69) is 15.2 Å². The number of nitrogens with one attached hydrogen (secondary N) is 1. The van der Waals surface area contributed by atoms with E-state index < -0.39 is 11.9 Å². The maximum Gasteiger partial charge on any atom is 0.323 e. The number of amides is 1. The predicted molar refractivity (Wildman–Crippen MR) is 66.8 cm³/mol. The van der Waals surface area contributed by atoms with Gasteiger partial charge in [0.15, 0.2) is 0 Å². The number of aromatic nitrogens is 3. The summed E-state index contributed by atoms with van der Waals surface area (Å²) in [6.07, 6.45) is 1.69. The molecule has 2 N–H and O–H groups in total. The second-order valence-electron chi connectivity index (χ2n) is 5.82. The van der Waals surface area contributed by atoms with Crippen molar-refractivity contribution in [3.8, 4) is 0 Å². The van der Waals surface area contributed by atoms with Crippen molar-refractivity contribution in [3.63, 3.8) is 0 Å². The van der Waals surface area contributed by atoms with Crippen LogP contribution in [0.2, 0.25) is 0 Å². The van der Waals surface area contributed by atoms with E-state index in [1.807, 2.05) is 20.8 Å². The van der Waals surface area contributed by atoms with Gasteiger partial charge < -0.3 is 10.0 Å². The van der Waals surface area contributed by atoms with Crippen LogP contribution in [-0.4, -0.2) is 49.7 Å². The number of carboxylic acids is 1. The van der Waals surface area contributed by atoms with E-state index in [1.165, 1.54) is 4.90 Å². The van der Waals surface area contributed by atoms with Gasteiger partial charge in [0.1, 0.15) is 12.4 Å². The number of carboxylic acid groups (broad SMARTS) is 1. The molecule has 0 spiro atoms. The topological polar surface area (TPSA) is 99.2 Å². The van der Waals surface area contributed by atoms with Crippen molar-refractivity contribution in [2.45, 2.75) is 45.1 Å². The smallest absolute Gasteiger partial charge is 0.323 e. The number of H-pyrrole nitrogens is 1. The Labute approximate surface area is 111 Å². The summed E-state index contributed by atoms with van der Waals surface area (Å²) in [6.45, 7) is 5.57. The number of hydrogen-bond donors (Lipinski definition) is 2. The van der Waals surface area contributed by atoms with Crippen molar-refractivity contribution in [1.82, 2.24) is 20.1 Å². The SMILES string of the molecule is CC(C)(C)c1nc(C(=O)N(CC(=O)O)C2CC2)n[nH]1. The molecule has 7 nitrogen and oxygen atoms in total. The quantitative estimate of drug-likeness (QED) is 0.839. The van der Waals surface area contributed by atoms with Gasteiger partial charge >= 0.3 is 5.97 Å².